The van der Waals surface area contributed by atoms with Gasteiger partial charge in [-0.1, -0.05) is 18.2 Å². The number of benzene rings is 1. The number of allylic oxidation sites excluding steroid dienone is 1. The predicted octanol–water partition coefficient (Wildman–Crippen LogP) is 5.37. The average Bonchev–Trinajstić information content (AvgIpc) is 2.63. The van der Waals surface area contributed by atoms with E-state index in [4.69, 9.17) is 5.26 Å². The molecular weight excluding hydrogens is 306 g/mol. The molecule has 1 aromatic carbocycles. The van der Waals surface area contributed by atoms with E-state index in [1.54, 1.807) is 12.3 Å². The van der Waals surface area contributed by atoms with Crippen molar-refractivity contribution in [3.05, 3.63) is 59.8 Å². The highest BCUT2D eigenvalue weighted by atomic mass is 19.2. The van der Waals surface area contributed by atoms with Crippen molar-refractivity contribution in [2.24, 2.45) is 11.8 Å². The number of pyridine rings is 1. The van der Waals surface area contributed by atoms with Gasteiger partial charge in [0.25, 0.3) is 0 Å². The predicted molar refractivity (Wildman–Crippen MR) is 89.7 cm³/mol. The topological polar surface area (TPSA) is 36.7 Å². The van der Waals surface area contributed by atoms with Gasteiger partial charge in [-0.05, 0) is 61.4 Å². The minimum Gasteiger partial charge on any atom is -0.256 e. The number of nitrogens with zero attached hydrogens (tertiary/aromatic N) is 2. The molecule has 1 aliphatic rings. The van der Waals surface area contributed by atoms with Crippen LogP contribution in [-0.4, -0.2) is 4.98 Å². The van der Waals surface area contributed by atoms with Crippen LogP contribution in [0.5, 0.6) is 0 Å². The molecule has 0 aliphatic heterocycles. The highest BCUT2D eigenvalue weighted by molar-refractivity contribution is 5.61. The molecule has 4 heteroatoms. The Kier molecular flexibility index (Phi) is 5.00. The molecule has 0 unspecified atom stereocenters. The Balaban J connectivity index is 1.65. The number of hydrogen-bond donors (Lipinski definition) is 0. The Hall–Kier alpha value is -2.54. The van der Waals surface area contributed by atoms with Gasteiger partial charge in [0.15, 0.2) is 11.6 Å². The third kappa shape index (κ3) is 3.86. The summed E-state index contributed by atoms with van der Waals surface area (Å²) in [5.41, 5.74) is 2.14. The molecule has 1 saturated carbocycles. The largest absolute Gasteiger partial charge is 0.256 e. The summed E-state index contributed by atoms with van der Waals surface area (Å²) in [7, 11) is 0. The zero-order valence-electron chi connectivity index (χ0n) is 13.3. The number of nitriles is 1. The van der Waals surface area contributed by atoms with Crippen LogP contribution in [0.25, 0.3) is 17.3 Å². The number of rotatable bonds is 3. The highest BCUT2D eigenvalue weighted by Gasteiger charge is 2.18. The zero-order chi connectivity index (χ0) is 16.9. The number of aromatic nitrogens is 1. The zero-order valence-corrected chi connectivity index (χ0v) is 13.3. The van der Waals surface area contributed by atoms with Crippen LogP contribution in [0.3, 0.4) is 0 Å². The smallest absolute Gasteiger partial charge is 0.159 e. The fourth-order valence-electron chi connectivity index (χ4n) is 3.02. The molecule has 1 aromatic heterocycles. The summed E-state index contributed by atoms with van der Waals surface area (Å²) in [5, 5.41) is 8.92. The Morgan fingerprint density at radius 3 is 2.46 bits per heavy atom. The molecule has 3 rings (SSSR count). The maximum atomic E-state index is 13.3. The van der Waals surface area contributed by atoms with Crippen molar-refractivity contribution in [2.75, 3.05) is 0 Å². The van der Waals surface area contributed by atoms with Crippen LogP contribution in [0.4, 0.5) is 8.78 Å². The Labute approximate surface area is 140 Å². The summed E-state index contributed by atoms with van der Waals surface area (Å²) in [4.78, 5) is 4.33. The molecule has 0 amide bonds. The van der Waals surface area contributed by atoms with Crippen molar-refractivity contribution in [1.29, 1.82) is 5.26 Å². The van der Waals surface area contributed by atoms with Crippen molar-refractivity contribution in [1.82, 2.24) is 4.98 Å². The molecule has 2 aromatic rings. The summed E-state index contributed by atoms with van der Waals surface area (Å²) in [6.45, 7) is 0. The van der Waals surface area contributed by atoms with E-state index >= 15 is 0 Å². The van der Waals surface area contributed by atoms with Crippen LogP contribution in [-0.2, 0) is 0 Å². The summed E-state index contributed by atoms with van der Waals surface area (Å²) >= 11 is 0. The van der Waals surface area contributed by atoms with Crippen LogP contribution < -0.4 is 0 Å². The molecule has 0 saturated heterocycles. The lowest BCUT2D eigenvalue weighted by Crippen LogP contribution is -2.11. The summed E-state index contributed by atoms with van der Waals surface area (Å²) in [5.74, 6) is -0.997. The van der Waals surface area contributed by atoms with Crippen LogP contribution in [0.1, 0.15) is 31.2 Å². The van der Waals surface area contributed by atoms with E-state index in [-0.39, 0.29) is 5.92 Å². The van der Waals surface area contributed by atoms with E-state index in [1.165, 1.54) is 6.07 Å². The SMILES string of the molecule is N#C[C@H]1CC[C@H](C=Cc2ccc(-c3ccc(F)c(F)c3)nc2)CC1. The molecule has 2 nitrogen and oxygen atoms in total. The molecule has 1 fully saturated rings. The average molecular weight is 324 g/mol. The van der Waals surface area contributed by atoms with E-state index in [0.29, 0.717) is 17.2 Å². The second-order valence-corrected chi connectivity index (χ2v) is 6.21. The van der Waals surface area contributed by atoms with Crippen LogP contribution in [0, 0.1) is 34.8 Å². The Morgan fingerprint density at radius 2 is 1.83 bits per heavy atom. The molecule has 0 N–H and O–H groups in total. The first-order valence-electron chi connectivity index (χ1n) is 8.15. The summed E-state index contributed by atoms with van der Waals surface area (Å²) < 4.78 is 26.3. The number of halogens is 2. The first kappa shape index (κ1) is 16.3. The lowest BCUT2D eigenvalue weighted by atomic mass is 9.82. The van der Waals surface area contributed by atoms with Crippen molar-refractivity contribution >= 4 is 6.08 Å². The monoisotopic (exact) mass is 324 g/mol. The molecule has 1 heterocycles. The van der Waals surface area contributed by atoms with Crippen LogP contribution in [0.15, 0.2) is 42.6 Å². The van der Waals surface area contributed by atoms with Gasteiger partial charge >= 0.3 is 0 Å². The molecular formula is C20H18F2N2. The first-order valence-corrected chi connectivity index (χ1v) is 8.15. The molecule has 24 heavy (non-hydrogen) atoms. The molecule has 0 atom stereocenters. The van der Waals surface area contributed by atoms with Gasteiger partial charge in [-0.15, -0.1) is 0 Å². The van der Waals surface area contributed by atoms with E-state index in [9.17, 15) is 8.78 Å². The van der Waals surface area contributed by atoms with Gasteiger partial charge < -0.3 is 0 Å². The quantitative estimate of drug-likeness (QED) is 0.761. The van der Waals surface area contributed by atoms with E-state index in [1.807, 2.05) is 12.1 Å². The Morgan fingerprint density at radius 1 is 1.04 bits per heavy atom. The summed E-state index contributed by atoms with van der Waals surface area (Å²) in [6.07, 6.45) is 10.00. The fraction of sp³-hybridized carbons (Fsp3) is 0.300. The van der Waals surface area contributed by atoms with Crippen molar-refractivity contribution < 1.29 is 8.78 Å². The van der Waals surface area contributed by atoms with Crippen molar-refractivity contribution in [2.45, 2.75) is 25.7 Å². The van der Waals surface area contributed by atoms with E-state index in [2.05, 4.69) is 17.1 Å². The normalized spacial score (nSPS) is 20.9. The van der Waals surface area contributed by atoms with Crippen molar-refractivity contribution in [3.8, 4) is 17.3 Å². The molecule has 0 radical (unpaired) electrons. The number of hydrogen-bond acceptors (Lipinski definition) is 2. The van der Waals surface area contributed by atoms with Crippen molar-refractivity contribution in [3.63, 3.8) is 0 Å². The molecule has 122 valence electrons. The second kappa shape index (κ2) is 7.35. The maximum Gasteiger partial charge on any atom is 0.159 e. The van der Waals surface area contributed by atoms with Gasteiger partial charge in [-0.25, -0.2) is 8.78 Å². The van der Waals surface area contributed by atoms with Gasteiger partial charge in [0.1, 0.15) is 0 Å². The third-order valence-corrected chi connectivity index (χ3v) is 4.52. The lowest BCUT2D eigenvalue weighted by molar-refractivity contribution is 0.363. The highest BCUT2D eigenvalue weighted by Crippen LogP contribution is 2.29. The minimum atomic E-state index is -0.869. The fourth-order valence-corrected chi connectivity index (χ4v) is 3.02. The third-order valence-electron chi connectivity index (χ3n) is 4.52. The van der Waals surface area contributed by atoms with Gasteiger partial charge in [-0.2, -0.15) is 5.26 Å². The lowest BCUT2D eigenvalue weighted by Gasteiger charge is -2.21. The maximum absolute atomic E-state index is 13.3. The molecule has 1 aliphatic carbocycles. The van der Waals surface area contributed by atoms with Gasteiger partial charge in [0, 0.05) is 17.7 Å². The van der Waals surface area contributed by atoms with Crippen LogP contribution in [0.2, 0.25) is 0 Å². The second-order valence-electron chi connectivity index (χ2n) is 6.21. The Bertz CT molecular complexity index is 767. The minimum absolute atomic E-state index is 0.215. The van der Waals surface area contributed by atoms with E-state index in [0.717, 1.165) is 43.4 Å². The van der Waals surface area contributed by atoms with Gasteiger partial charge in [0.05, 0.1) is 11.8 Å². The summed E-state index contributed by atoms with van der Waals surface area (Å²) in [6, 6.07) is 9.85. The van der Waals surface area contributed by atoms with Crippen LogP contribution >= 0.6 is 0 Å². The van der Waals surface area contributed by atoms with Gasteiger partial charge in [0.2, 0.25) is 0 Å². The molecule has 0 spiro atoms. The molecule has 0 bridgehead atoms. The first-order chi connectivity index (χ1) is 11.7. The van der Waals surface area contributed by atoms with E-state index < -0.39 is 11.6 Å². The van der Waals surface area contributed by atoms with Gasteiger partial charge in [-0.3, -0.25) is 4.98 Å². The standard InChI is InChI=1S/C20H18F2N2/c21-18-9-8-17(11-19(18)22)20-10-7-16(13-24-20)6-3-14-1-4-15(12-23)5-2-14/h3,6-11,13-15H,1-2,4-5H2/t14-,15-.